The Morgan fingerprint density at radius 3 is 2.89 bits per heavy atom. The van der Waals surface area contributed by atoms with Gasteiger partial charge in [0.2, 0.25) is 10.0 Å². The summed E-state index contributed by atoms with van der Waals surface area (Å²) >= 11 is 6.02. The number of nitrogens with one attached hydrogen (secondary N) is 1. The summed E-state index contributed by atoms with van der Waals surface area (Å²) in [4.78, 5) is 16.3. The number of oxazole rings is 1. The van der Waals surface area contributed by atoms with Crippen molar-refractivity contribution in [3.05, 3.63) is 57.0 Å². The fraction of sp³-hybridized carbons (Fsp3) is 0.294. The van der Waals surface area contributed by atoms with Gasteiger partial charge in [0.25, 0.3) is 0 Å². The van der Waals surface area contributed by atoms with Crippen LogP contribution in [0.15, 0.2) is 38.4 Å². The topological polar surface area (TPSA) is 94.2 Å². The average Bonchev–Trinajstić information content (AvgIpc) is 2.95. The van der Waals surface area contributed by atoms with Crippen LogP contribution in [0.1, 0.15) is 30.1 Å². The zero-order valence-electron chi connectivity index (χ0n) is 14.2. The number of aromatic nitrogens is 2. The lowest BCUT2D eigenvalue weighted by molar-refractivity contribution is 0.429. The van der Waals surface area contributed by atoms with Crippen LogP contribution in [0.5, 0.6) is 0 Å². The highest BCUT2D eigenvalue weighted by molar-refractivity contribution is 7.89. The summed E-state index contributed by atoms with van der Waals surface area (Å²) in [6.45, 7) is 0. The number of sulfonamides is 1. The number of pyridine rings is 1. The molecule has 1 unspecified atom stereocenters. The van der Waals surface area contributed by atoms with E-state index in [0.717, 1.165) is 30.5 Å². The Balaban J connectivity index is 1.95. The van der Waals surface area contributed by atoms with Gasteiger partial charge in [0.05, 0.1) is 17.3 Å². The van der Waals surface area contributed by atoms with Crippen LogP contribution in [0.3, 0.4) is 0 Å². The van der Waals surface area contributed by atoms with Crippen LogP contribution in [0.2, 0.25) is 5.15 Å². The molecule has 4 rings (SSSR count). The minimum atomic E-state index is -4.03. The van der Waals surface area contributed by atoms with E-state index < -0.39 is 32.5 Å². The third kappa shape index (κ3) is 2.95. The lowest BCUT2D eigenvalue weighted by Gasteiger charge is -2.25. The molecule has 2 aromatic heterocycles. The zero-order valence-corrected chi connectivity index (χ0v) is 15.8. The van der Waals surface area contributed by atoms with Crippen molar-refractivity contribution >= 4 is 32.7 Å². The van der Waals surface area contributed by atoms with Crippen molar-refractivity contribution in [2.24, 2.45) is 0 Å². The van der Waals surface area contributed by atoms with Crippen LogP contribution in [0.25, 0.3) is 11.1 Å². The number of rotatable bonds is 3. The van der Waals surface area contributed by atoms with Gasteiger partial charge in [-0.1, -0.05) is 17.7 Å². The number of fused-ring (bicyclic) bond motifs is 2. The lowest BCUT2D eigenvalue weighted by Crippen LogP contribution is -2.26. The van der Waals surface area contributed by atoms with Gasteiger partial charge in [-0.3, -0.25) is 4.57 Å². The molecule has 3 aromatic rings. The van der Waals surface area contributed by atoms with Gasteiger partial charge in [-0.2, -0.15) is 0 Å². The van der Waals surface area contributed by atoms with Crippen LogP contribution in [-0.2, 0) is 16.4 Å². The molecule has 0 fully saturated rings. The van der Waals surface area contributed by atoms with Crippen LogP contribution in [0, 0.1) is 5.82 Å². The summed E-state index contributed by atoms with van der Waals surface area (Å²) < 4.78 is 47.0. The summed E-state index contributed by atoms with van der Waals surface area (Å²) in [6, 6.07) is 5.11. The van der Waals surface area contributed by atoms with Crippen LogP contribution in [0.4, 0.5) is 4.39 Å². The second-order valence-corrected chi connectivity index (χ2v) is 8.52. The molecule has 1 N–H and O–H groups in total. The van der Waals surface area contributed by atoms with Gasteiger partial charge in [0.15, 0.2) is 5.58 Å². The largest absolute Gasteiger partial charge is 0.420 e. The molecule has 0 radical (unpaired) electrons. The van der Waals surface area contributed by atoms with Crippen molar-refractivity contribution in [1.29, 1.82) is 0 Å². The number of hydrogen-bond donors (Lipinski definition) is 1. The van der Waals surface area contributed by atoms with E-state index in [1.54, 1.807) is 6.07 Å². The van der Waals surface area contributed by atoms with Gasteiger partial charge >= 0.3 is 5.76 Å². The van der Waals surface area contributed by atoms with Gasteiger partial charge in [-0.25, -0.2) is 27.3 Å². The summed E-state index contributed by atoms with van der Waals surface area (Å²) in [6.07, 6.45) is 2.22. The summed E-state index contributed by atoms with van der Waals surface area (Å²) in [5.74, 6) is -1.68. The van der Waals surface area contributed by atoms with E-state index in [1.807, 2.05) is 10.8 Å². The van der Waals surface area contributed by atoms with Crippen LogP contribution >= 0.6 is 11.6 Å². The molecule has 0 aliphatic heterocycles. The standard InChI is InChI=1S/C17H15ClFN3O4S/c1-20-27(24,25)14-8-13-12(7-10(14)19)22(17(23)26-13)11-4-2-3-9-5-6-15(18)21-16(9)11/h5-8,11,20H,2-4H2,1H3. The molecular formula is C17H15ClFN3O4S. The van der Waals surface area contributed by atoms with Crippen molar-refractivity contribution in [2.75, 3.05) is 7.05 Å². The second kappa shape index (κ2) is 6.43. The Kier molecular flexibility index (Phi) is 4.32. The number of nitrogens with zero attached hydrogens (tertiary/aromatic N) is 2. The Morgan fingerprint density at radius 1 is 1.37 bits per heavy atom. The van der Waals surface area contributed by atoms with Gasteiger partial charge in [-0.05, 0) is 37.9 Å². The number of aryl methyl sites for hydroxylation is 1. The van der Waals surface area contributed by atoms with Gasteiger partial charge in [-0.15, -0.1) is 0 Å². The monoisotopic (exact) mass is 411 g/mol. The summed E-state index contributed by atoms with van der Waals surface area (Å²) in [5, 5.41) is 0.301. The smallest absolute Gasteiger partial charge is 0.408 e. The number of halogens is 2. The first-order chi connectivity index (χ1) is 12.8. The van der Waals surface area contributed by atoms with E-state index in [0.29, 0.717) is 17.3 Å². The highest BCUT2D eigenvalue weighted by Gasteiger charge is 2.29. The van der Waals surface area contributed by atoms with E-state index in [1.165, 1.54) is 11.6 Å². The molecule has 2 heterocycles. The van der Waals surface area contributed by atoms with Gasteiger partial charge in [0, 0.05) is 12.1 Å². The third-order valence-corrected chi connectivity index (χ3v) is 6.39. The van der Waals surface area contributed by atoms with Crippen molar-refractivity contribution in [3.8, 4) is 0 Å². The predicted octanol–water partition coefficient (Wildman–Crippen LogP) is 2.62. The molecule has 1 aliphatic rings. The van der Waals surface area contributed by atoms with Gasteiger partial charge < -0.3 is 4.42 Å². The molecule has 10 heteroatoms. The first-order valence-electron chi connectivity index (χ1n) is 8.25. The molecule has 0 saturated carbocycles. The highest BCUT2D eigenvalue weighted by atomic mass is 35.5. The van der Waals surface area contributed by atoms with E-state index in [4.69, 9.17) is 16.0 Å². The minimum Gasteiger partial charge on any atom is -0.408 e. The van der Waals surface area contributed by atoms with E-state index in [2.05, 4.69) is 4.98 Å². The fourth-order valence-electron chi connectivity index (χ4n) is 3.50. The Labute approximate surface area is 158 Å². The quantitative estimate of drug-likeness (QED) is 0.668. The molecule has 1 aliphatic carbocycles. The molecule has 0 spiro atoms. The van der Waals surface area contributed by atoms with Crippen LogP contribution in [-0.4, -0.2) is 25.0 Å². The zero-order chi connectivity index (χ0) is 19.3. The molecule has 7 nitrogen and oxygen atoms in total. The Morgan fingerprint density at radius 2 is 2.15 bits per heavy atom. The predicted molar refractivity (Wildman–Crippen MR) is 97.0 cm³/mol. The van der Waals surface area contributed by atoms with E-state index in [9.17, 15) is 17.6 Å². The summed E-state index contributed by atoms with van der Waals surface area (Å²) in [7, 11) is -2.85. The second-order valence-electron chi connectivity index (χ2n) is 6.28. The molecule has 1 atom stereocenters. The molecule has 27 heavy (non-hydrogen) atoms. The van der Waals surface area contributed by atoms with Crippen LogP contribution < -0.4 is 10.5 Å². The maximum Gasteiger partial charge on any atom is 0.420 e. The highest BCUT2D eigenvalue weighted by Crippen LogP contribution is 2.34. The average molecular weight is 412 g/mol. The Bertz CT molecular complexity index is 1220. The molecule has 0 amide bonds. The normalized spacial score (nSPS) is 17.2. The molecule has 0 saturated heterocycles. The first kappa shape index (κ1) is 18.1. The van der Waals surface area contributed by atoms with E-state index >= 15 is 0 Å². The molecule has 0 bridgehead atoms. The van der Waals surface area contributed by atoms with E-state index in [-0.39, 0.29) is 11.1 Å². The number of hydrogen-bond acceptors (Lipinski definition) is 5. The molecule has 142 valence electrons. The molecule has 1 aromatic carbocycles. The number of benzene rings is 1. The third-order valence-electron chi connectivity index (χ3n) is 4.75. The van der Waals surface area contributed by atoms with Crippen molar-refractivity contribution in [1.82, 2.24) is 14.3 Å². The SMILES string of the molecule is CNS(=O)(=O)c1cc2oc(=O)n(C3CCCc4ccc(Cl)nc43)c2cc1F. The summed E-state index contributed by atoms with van der Waals surface area (Å²) in [5.41, 5.74) is 1.77. The van der Waals surface area contributed by atoms with Gasteiger partial charge in [0.1, 0.15) is 15.9 Å². The fourth-order valence-corrected chi connectivity index (χ4v) is 4.45. The van der Waals surface area contributed by atoms with Crippen molar-refractivity contribution in [2.45, 2.75) is 30.2 Å². The van der Waals surface area contributed by atoms with Crippen molar-refractivity contribution in [3.63, 3.8) is 0 Å². The molecular weight excluding hydrogens is 397 g/mol. The first-order valence-corrected chi connectivity index (χ1v) is 10.1. The van der Waals surface area contributed by atoms with Crippen molar-refractivity contribution < 1.29 is 17.2 Å². The maximum atomic E-state index is 14.5. The Hall–Kier alpha value is -2.23. The minimum absolute atomic E-state index is 0.00984. The maximum absolute atomic E-state index is 14.5. The lowest BCUT2D eigenvalue weighted by atomic mass is 9.91.